The zero-order valence-corrected chi connectivity index (χ0v) is 10.4. The number of para-hydroxylation sites is 1. The molecule has 0 amide bonds. The van der Waals surface area contributed by atoms with E-state index < -0.39 is 5.97 Å². The fourth-order valence-electron chi connectivity index (χ4n) is 2.06. The van der Waals surface area contributed by atoms with Gasteiger partial charge in [0.1, 0.15) is 11.4 Å². The second-order valence-electron chi connectivity index (χ2n) is 3.87. The highest BCUT2D eigenvalue weighted by Gasteiger charge is 2.18. The number of hydrogen-bond donors (Lipinski definition) is 1. The molecule has 0 unspecified atom stereocenters. The molecule has 0 aliphatic heterocycles. The smallest absolute Gasteiger partial charge is 0.353 e. The number of methoxy groups -OCH3 is 1. The van der Waals surface area contributed by atoms with E-state index in [2.05, 4.69) is 0 Å². The third-order valence-corrected chi connectivity index (χ3v) is 2.90. The predicted molar refractivity (Wildman–Crippen MR) is 69.1 cm³/mol. The molecule has 0 aliphatic rings. The second-order valence-corrected chi connectivity index (χ2v) is 3.87. The summed E-state index contributed by atoms with van der Waals surface area (Å²) in [6.07, 6.45) is 1.78. The third-order valence-electron chi connectivity index (χ3n) is 2.90. The van der Waals surface area contributed by atoms with E-state index in [1.807, 2.05) is 37.3 Å². The minimum absolute atomic E-state index is 0.294. The first kappa shape index (κ1) is 12.2. The normalized spacial score (nSPS) is 10.3. The molecule has 2 aromatic rings. The van der Waals surface area contributed by atoms with Crippen molar-refractivity contribution in [1.82, 2.24) is 4.57 Å². The van der Waals surface area contributed by atoms with Gasteiger partial charge in [-0.1, -0.05) is 18.2 Å². The average molecular weight is 245 g/mol. The van der Waals surface area contributed by atoms with Crippen LogP contribution in [0.5, 0.6) is 5.75 Å². The summed E-state index contributed by atoms with van der Waals surface area (Å²) in [4.78, 5) is 11.4. The van der Waals surface area contributed by atoms with E-state index >= 15 is 0 Å². The second kappa shape index (κ2) is 4.96. The molecule has 0 bridgehead atoms. The number of carboxylic acids is 1. The summed E-state index contributed by atoms with van der Waals surface area (Å²) in [5, 5.41) is 9.33. The molecule has 0 radical (unpaired) electrons. The summed E-state index contributed by atoms with van der Waals surface area (Å²) in [7, 11) is 1.58. The van der Waals surface area contributed by atoms with Crippen molar-refractivity contribution in [2.45, 2.75) is 13.5 Å². The number of rotatable bonds is 4. The monoisotopic (exact) mass is 245 g/mol. The van der Waals surface area contributed by atoms with Gasteiger partial charge in [0.25, 0.3) is 0 Å². The third kappa shape index (κ3) is 1.97. The van der Waals surface area contributed by atoms with Crippen molar-refractivity contribution >= 4 is 5.97 Å². The summed E-state index contributed by atoms with van der Waals surface area (Å²) in [6.45, 7) is 2.54. The van der Waals surface area contributed by atoms with Crippen LogP contribution in [0.3, 0.4) is 0 Å². The molecule has 94 valence electrons. The summed E-state index contributed by atoms with van der Waals surface area (Å²) in [5.74, 6) is -0.253. The van der Waals surface area contributed by atoms with Gasteiger partial charge in [0.2, 0.25) is 0 Å². The van der Waals surface area contributed by atoms with Gasteiger partial charge in [-0.3, -0.25) is 0 Å². The number of aromatic nitrogens is 1. The van der Waals surface area contributed by atoms with Crippen LogP contribution in [-0.2, 0) is 6.54 Å². The first-order valence-corrected chi connectivity index (χ1v) is 5.74. The van der Waals surface area contributed by atoms with Crippen LogP contribution in [-0.4, -0.2) is 22.8 Å². The topological polar surface area (TPSA) is 51.5 Å². The lowest BCUT2D eigenvalue weighted by Gasteiger charge is -2.09. The Kier molecular flexibility index (Phi) is 3.37. The molecule has 0 spiro atoms. The number of carbonyl (C=O) groups is 1. The van der Waals surface area contributed by atoms with E-state index in [9.17, 15) is 9.90 Å². The Labute approximate surface area is 105 Å². The number of aromatic carboxylic acids is 1. The van der Waals surface area contributed by atoms with E-state index in [1.165, 1.54) is 0 Å². The van der Waals surface area contributed by atoms with E-state index in [-0.39, 0.29) is 0 Å². The average Bonchev–Trinajstić information content (AvgIpc) is 2.82. The fraction of sp³-hybridized carbons (Fsp3) is 0.214. The fourth-order valence-corrected chi connectivity index (χ4v) is 2.06. The Morgan fingerprint density at radius 3 is 2.61 bits per heavy atom. The lowest BCUT2D eigenvalue weighted by molar-refractivity contribution is 0.0686. The van der Waals surface area contributed by atoms with Crippen LogP contribution in [0.1, 0.15) is 17.4 Å². The minimum Gasteiger partial charge on any atom is -0.496 e. The zero-order valence-electron chi connectivity index (χ0n) is 10.4. The van der Waals surface area contributed by atoms with Crippen LogP contribution in [0.15, 0.2) is 36.5 Å². The van der Waals surface area contributed by atoms with Crippen LogP contribution < -0.4 is 4.74 Å². The number of ether oxygens (including phenoxy) is 1. The maximum Gasteiger partial charge on any atom is 0.353 e. The Morgan fingerprint density at radius 1 is 1.28 bits per heavy atom. The highest BCUT2D eigenvalue weighted by atomic mass is 16.5. The lowest BCUT2D eigenvalue weighted by Crippen LogP contribution is -2.07. The van der Waals surface area contributed by atoms with Crippen molar-refractivity contribution in [3.63, 3.8) is 0 Å². The molecule has 0 atom stereocenters. The number of aryl methyl sites for hydroxylation is 1. The van der Waals surface area contributed by atoms with Gasteiger partial charge < -0.3 is 14.4 Å². The van der Waals surface area contributed by atoms with Crippen molar-refractivity contribution in [2.24, 2.45) is 0 Å². The van der Waals surface area contributed by atoms with Crippen molar-refractivity contribution < 1.29 is 14.6 Å². The Balaban J connectivity index is 2.64. The quantitative estimate of drug-likeness (QED) is 0.901. The van der Waals surface area contributed by atoms with Gasteiger partial charge in [0.15, 0.2) is 0 Å². The number of nitrogens with zero attached hydrogens (tertiary/aromatic N) is 1. The van der Waals surface area contributed by atoms with Gasteiger partial charge in [0.05, 0.1) is 7.11 Å². The highest BCUT2D eigenvalue weighted by Crippen LogP contribution is 2.32. The molecule has 18 heavy (non-hydrogen) atoms. The van der Waals surface area contributed by atoms with E-state index in [4.69, 9.17) is 4.74 Å². The summed E-state index contributed by atoms with van der Waals surface area (Å²) < 4.78 is 6.99. The van der Waals surface area contributed by atoms with Crippen molar-refractivity contribution in [2.75, 3.05) is 7.11 Å². The molecule has 1 aromatic carbocycles. The molecule has 0 saturated heterocycles. The van der Waals surface area contributed by atoms with Crippen LogP contribution in [0.2, 0.25) is 0 Å². The molecule has 0 fully saturated rings. The number of hydrogen-bond acceptors (Lipinski definition) is 2. The molecule has 1 aromatic heterocycles. The van der Waals surface area contributed by atoms with E-state index in [0.717, 1.165) is 5.56 Å². The summed E-state index contributed by atoms with van der Waals surface area (Å²) in [5.41, 5.74) is 1.77. The first-order chi connectivity index (χ1) is 8.69. The van der Waals surface area contributed by atoms with Crippen LogP contribution in [0.4, 0.5) is 0 Å². The van der Waals surface area contributed by atoms with Crippen molar-refractivity contribution in [3.8, 4) is 16.9 Å². The maximum atomic E-state index is 11.4. The molecule has 1 heterocycles. The predicted octanol–water partition coefficient (Wildman–Crippen LogP) is 2.88. The number of benzene rings is 1. The van der Waals surface area contributed by atoms with Gasteiger partial charge in [0, 0.05) is 23.9 Å². The Hall–Kier alpha value is -2.23. The lowest BCUT2D eigenvalue weighted by atomic mass is 10.0. The van der Waals surface area contributed by atoms with Crippen molar-refractivity contribution in [1.29, 1.82) is 0 Å². The minimum atomic E-state index is -0.928. The Bertz CT molecular complexity index is 572. The van der Waals surface area contributed by atoms with Gasteiger partial charge in [-0.25, -0.2) is 4.79 Å². The largest absolute Gasteiger partial charge is 0.496 e. The van der Waals surface area contributed by atoms with Crippen molar-refractivity contribution in [3.05, 3.63) is 42.2 Å². The van der Waals surface area contributed by atoms with Crippen LogP contribution in [0.25, 0.3) is 11.1 Å². The summed E-state index contributed by atoms with van der Waals surface area (Å²) in [6, 6.07) is 9.22. The van der Waals surface area contributed by atoms with Gasteiger partial charge >= 0.3 is 5.97 Å². The number of carboxylic acid groups (broad SMARTS) is 1. The molecule has 0 aliphatic carbocycles. The summed E-state index contributed by atoms with van der Waals surface area (Å²) >= 11 is 0. The van der Waals surface area contributed by atoms with E-state index in [1.54, 1.807) is 17.9 Å². The van der Waals surface area contributed by atoms with Crippen LogP contribution in [0, 0.1) is 0 Å². The first-order valence-electron chi connectivity index (χ1n) is 5.74. The SMILES string of the molecule is CCn1ccc(-c2ccccc2OC)c1C(=O)O. The molecule has 4 heteroatoms. The van der Waals surface area contributed by atoms with Gasteiger partial charge in [-0.05, 0) is 19.1 Å². The molecule has 0 saturated carbocycles. The Morgan fingerprint density at radius 2 is 2.00 bits per heavy atom. The van der Waals surface area contributed by atoms with Gasteiger partial charge in [-0.15, -0.1) is 0 Å². The van der Waals surface area contributed by atoms with E-state index in [0.29, 0.717) is 23.6 Å². The molecule has 4 nitrogen and oxygen atoms in total. The zero-order chi connectivity index (χ0) is 13.1. The maximum absolute atomic E-state index is 11.4. The molecule has 2 rings (SSSR count). The standard InChI is InChI=1S/C14H15NO3/c1-3-15-9-8-11(13(15)14(16)17)10-6-4-5-7-12(10)18-2/h4-9H,3H2,1-2H3,(H,16,17). The van der Waals surface area contributed by atoms with Crippen LogP contribution >= 0.6 is 0 Å². The molecular weight excluding hydrogens is 230 g/mol. The highest BCUT2D eigenvalue weighted by molar-refractivity contribution is 5.95. The van der Waals surface area contributed by atoms with Gasteiger partial charge in [-0.2, -0.15) is 0 Å². The molecular formula is C14H15NO3. The molecule has 1 N–H and O–H groups in total.